The van der Waals surface area contributed by atoms with E-state index in [0.717, 1.165) is 5.56 Å². The molecule has 2 aromatic carbocycles. The number of para-hydroxylation sites is 2. The summed E-state index contributed by atoms with van der Waals surface area (Å²) in [4.78, 5) is 19.2. The first kappa shape index (κ1) is 18.4. The zero-order valence-corrected chi connectivity index (χ0v) is 16.1. The maximum atomic E-state index is 12.6. The molecule has 0 N–H and O–H groups in total. The molecule has 0 saturated carbocycles. The molecule has 2 aromatic rings. The third-order valence-corrected chi connectivity index (χ3v) is 5.17. The van der Waals surface area contributed by atoms with Gasteiger partial charge >= 0.3 is 0 Å². The molecular formula is C19H17ClN2O3S. The van der Waals surface area contributed by atoms with E-state index in [-0.39, 0.29) is 5.91 Å². The third kappa shape index (κ3) is 3.57. The van der Waals surface area contributed by atoms with Crippen LogP contribution >= 0.6 is 23.4 Å². The fraction of sp³-hybridized carbons (Fsp3) is 0.158. The van der Waals surface area contributed by atoms with Crippen LogP contribution in [0.1, 0.15) is 5.56 Å². The van der Waals surface area contributed by atoms with Crippen LogP contribution in [0.4, 0.5) is 5.69 Å². The molecule has 1 amide bonds. The molecule has 0 radical (unpaired) electrons. The van der Waals surface area contributed by atoms with E-state index in [1.165, 1.54) is 16.7 Å². The summed E-state index contributed by atoms with van der Waals surface area (Å²) >= 11 is 7.45. The molecule has 5 nitrogen and oxygen atoms in total. The highest BCUT2D eigenvalue weighted by atomic mass is 35.5. The topological polar surface area (TPSA) is 51.1 Å². The van der Waals surface area contributed by atoms with E-state index in [0.29, 0.717) is 32.3 Å². The van der Waals surface area contributed by atoms with Gasteiger partial charge in [-0.3, -0.25) is 9.69 Å². The number of halogens is 1. The van der Waals surface area contributed by atoms with Gasteiger partial charge in [0.15, 0.2) is 16.7 Å². The Bertz CT molecular complexity index is 911. The molecular weight excluding hydrogens is 372 g/mol. The first-order valence-electron chi connectivity index (χ1n) is 7.77. The molecule has 0 aromatic heterocycles. The normalized spacial score (nSPS) is 17.2. The Labute approximate surface area is 161 Å². The number of hydrogen-bond donors (Lipinski definition) is 0. The molecule has 0 unspecified atom stereocenters. The van der Waals surface area contributed by atoms with Crippen molar-refractivity contribution in [1.82, 2.24) is 4.90 Å². The molecule has 134 valence electrons. The second-order valence-electron chi connectivity index (χ2n) is 5.40. The highest BCUT2D eigenvalue weighted by molar-refractivity contribution is 8.18. The van der Waals surface area contributed by atoms with Crippen molar-refractivity contribution in [2.45, 2.75) is 0 Å². The Morgan fingerprint density at radius 1 is 1.12 bits per heavy atom. The predicted octanol–water partition coefficient (Wildman–Crippen LogP) is 4.59. The minimum atomic E-state index is -0.134. The van der Waals surface area contributed by atoms with Crippen molar-refractivity contribution in [2.24, 2.45) is 4.99 Å². The second-order valence-corrected chi connectivity index (χ2v) is 6.82. The van der Waals surface area contributed by atoms with Gasteiger partial charge in [-0.05, 0) is 36.0 Å². The number of carbonyl (C=O) groups is 1. The summed E-state index contributed by atoms with van der Waals surface area (Å²) in [5.74, 6) is 1.05. The van der Waals surface area contributed by atoms with Gasteiger partial charge in [-0.15, -0.1) is 0 Å². The zero-order valence-electron chi connectivity index (χ0n) is 14.5. The average Bonchev–Trinajstić information content (AvgIpc) is 2.91. The zero-order chi connectivity index (χ0) is 18.7. The smallest absolute Gasteiger partial charge is 0.266 e. The van der Waals surface area contributed by atoms with E-state index in [9.17, 15) is 4.79 Å². The first-order chi connectivity index (χ1) is 12.5. The van der Waals surface area contributed by atoms with Gasteiger partial charge in [0.2, 0.25) is 0 Å². The van der Waals surface area contributed by atoms with Crippen LogP contribution in [0.15, 0.2) is 52.4 Å². The number of nitrogens with zero attached hydrogens (tertiary/aromatic N) is 2. The number of benzene rings is 2. The molecule has 26 heavy (non-hydrogen) atoms. The molecule has 0 spiro atoms. The highest BCUT2D eigenvalue weighted by Crippen LogP contribution is 2.38. The van der Waals surface area contributed by atoms with Crippen LogP contribution in [0.5, 0.6) is 11.5 Å². The Morgan fingerprint density at radius 2 is 1.88 bits per heavy atom. The van der Waals surface area contributed by atoms with Crippen molar-refractivity contribution in [3.8, 4) is 11.5 Å². The van der Waals surface area contributed by atoms with Gasteiger partial charge in [0, 0.05) is 12.6 Å². The summed E-state index contributed by atoms with van der Waals surface area (Å²) in [6.07, 6.45) is 1.78. The first-order valence-corrected chi connectivity index (χ1v) is 8.96. The fourth-order valence-corrected chi connectivity index (χ4v) is 3.61. The Kier molecular flexibility index (Phi) is 5.54. The van der Waals surface area contributed by atoms with Crippen LogP contribution in [0.2, 0.25) is 5.02 Å². The number of thioether (sulfide) groups is 1. The van der Waals surface area contributed by atoms with E-state index < -0.39 is 0 Å². The van der Waals surface area contributed by atoms with Gasteiger partial charge in [-0.25, -0.2) is 4.99 Å². The minimum absolute atomic E-state index is 0.134. The molecule has 1 aliphatic rings. The van der Waals surface area contributed by atoms with Gasteiger partial charge in [-0.2, -0.15) is 0 Å². The molecule has 0 aliphatic carbocycles. The molecule has 0 atom stereocenters. The standard InChI is InChI=1S/C19H17ClN2O3S/c1-22-18(23)16(11-12-7-6-10-15(24-2)17(12)25-3)26-19(22)21-14-9-5-4-8-13(14)20/h4-11H,1-3H3/b16-11+,21-19?. The number of carbonyl (C=O) groups excluding carboxylic acids is 1. The van der Waals surface area contributed by atoms with Crippen molar-refractivity contribution in [3.05, 3.63) is 58.0 Å². The summed E-state index contributed by atoms with van der Waals surface area (Å²) in [5.41, 5.74) is 1.38. The summed E-state index contributed by atoms with van der Waals surface area (Å²) in [7, 11) is 4.83. The lowest BCUT2D eigenvalue weighted by molar-refractivity contribution is -0.121. The summed E-state index contributed by atoms with van der Waals surface area (Å²) < 4.78 is 10.7. The van der Waals surface area contributed by atoms with Crippen LogP contribution in [0, 0.1) is 0 Å². The van der Waals surface area contributed by atoms with Crippen molar-refractivity contribution in [3.63, 3.8) is 0 Å². The Balaban J connectivity index is 1.97. The van der Waals surface area contributed by atoms with E-state index in [1.54, 1.807) is 45.5 Å². The number of methoxy groups -OCH3 is 2. The fourth-order valence-electron chi connectivity index (χ4n) is 2.46. The highest BCUT2D eigenvalue weighted by Gasteiger charge is 2.31. The summed E-state index contributed by atoms with van der Waals surface area (Å²) in [6, 6.07) is 12.8. The number of aliphatic imine (C=N–C) groups is 1. The van der Waals surface area contributed by atoms with E-state index in [2.05, 4.69) is 4.99 Å². The van der Waals surface area contributed by atoms with Gasteiger partial charge < -0.3 is 9.47 Å². The predicted molar refractivity (Wildman–Crippen MR) is 106 cm³/mol. The minimum Gasteiger partial charge on any atom is -0.493 e. The third-order valence-electron chi connectivity index (χ3n) is 3.79. The van der Waals surface area contributed by atoms with Gasteiger partial charge in [0.25, 0.3) is 5.91 Å². The van der Waals surface area contributed by atoms with Crippen LogP contribution in [-0.4, -0.2) is 37.2 Å². The van der Waals surface area contributed by atoms with Crippen molar-refractivity contribution in [2.75, 3.05) is 21.3 Å². The van der Waals surface area contributed by atoms with E-state index in [1.807, 2.05) is 24.3 Å². The summed E-state index contributed by atoms with van der Waals surface area (Å²) in [6.45, 7) is 0. The van der Waals surface area contributed by atoms with Crippen LogP contribution in [0.3, 0.4) is 0 Å². The van der Waals surface area contributed by atoms with Crippen molar-refractivity contribution in [1.29, 1.82) is 0 Å². The van der Waals surface area contributed by atoms with Gasteiger partial charge in [0.1, 0.15) is 0 Å². The van der Waals surface area contributed by atoms with Crippen molar-refractivity contribution < 1.29 is 14.3 Å². The molecule has 0 bridgehead atoms. The maximum absolute atomic E-state index is 12.6. The van der Waals surface area contributed by atoms with Gasteiger partial charge in [-0.1, -0.05) is 35.9 Å². The lowest BCUT2D eigenvalue weighted by Gasteiger charge is -2.10. The number of amidine groups is 1. The number of rotatable bonds is 4. The quantitative estimate of drug-likeness (QED) is 0.719. The molecule has 3 rings (SSSR count). The second kappa shape index (κ2) is 7.85. The van der Waals surface area contributed by atoms with Crippen LogP contribution in [0.25, 0.3) is 6.08 Å². The average molecular weight is 389 g/mol. The van der Waals surface area contributed by atoms with Crippen LogP contribution < -0.4 is 9.47 Å². The molecule has 1 heterocycles. The molecule has 1 saturated heterocycles. The SMILES string of the molecule is COc1cccc(/C=C2/SC(=Nc3ccccc3Cl)N(C)C2=O)c1OC. The lowest BCUT2D eigenvalue weighted by atomic mass is 10.1. The monoisotopic (exact) mass is 388 g/mol. The number of ether oxygens (including phenoxy) is 2. The lowest BCUT2D eigenvalue weighted by Crippen LogP contribution is -2.23. The Hall–Kier alpha value is -2.44. The molecule has 1 aliphatic heterocycles. The molecule has 1 fully saturated rings. The summed E-state index contributed by atoms with van der Waals surface area (Å²) in [5, 5.41) is 1.10. The largest absolute Gasteiger partial charge is 0.493 e. The number of likely N-dealkylation sites (N-methyl/N-ethyl adjacent to an activating group) is 1. The van der Waals surface area contributed by atoms with Gasteiger partial charge in [0.05, 0.1) is 29.8 Å². The number of amides is 1. The van der Waals surface area contributed by atoms with E-state index in [4.69, 9.17) is 21.1 Å². The Morgan fingerprint density at radius 3 is 2.58 bits per heavy atom. The van der Waals surface area contributed by atoms with Crippen LogP contribution in [-0.2, 0) is 4.79 Å². The maximum Gasteiger partial charge on any atom is 0.266 e. The van der Waals surface area contributed by atoms with Crippen molar-refractivity contribution >= 4 is 46.2 Å². The van der Waals surface area contributed by atoms with E-state index >= 15 is 0 Å². The number of hydrogen-bond acceptors (Lipinski definition) is 5. The molecule has 7 heteroatoms.